The monoisotopic (exact) mass is 350 g/mol. The molecule has 0 saturated carbocycles. The molecule has 0 bridgehead atoms. The largest absolute Gasteiger partial charge is 0.343 e. The number of aromatic nitrogens is 1. The molecule has 1 atom stereocenters. The van der Waals surface area contributed by atoms with Crippen LogP contribution in [0, 0.1) is 6.92 Å². The van der Waals surface area contributed by atoms with E-state index in [1.807, 2.05) is 12.1 Å². The second kappa shape index (κ2) is 6.41. The van der Waals surface area contributed by atoms with Gasteiger partial charge in [-0.1, -0.05) is 42.0 Å². The van der Waals surface area contributed by atoms with Crippen LogP contribution in [0.4, 0.5) is 4.79 Å². The van der Waals surface area contributed by atoms with E-state index in [0.29, 0.717) is 6.42 Å². The summed E-state index contributed by atoms with van der Waals surface area (Å²) < 4.78 is 2.22. The number of amides is 1. The van der Waals surface area contributed by atoms with Gasteiger partial charge < -0.3 is 9.88 Å². The van der Waals surface area contributed by atoms with Crippen molar-refractivity contribution in [2.75, 3.05) is 0 Å². The first-order chi connectivity index (χ1) is 12.1. The number of benzene rings is 2. The highest BCUT2D eigenvalue weighted by molar-refractivity contribution is 8.26. The minimum absolute atomic E-state index is 0.0961. The van der Waals surface area contributed by atoms with Crippen molar-refractivity contribution in [3.63, 3.8) is 0 Å². The summed E-state index contributed by atoms with van der Waals surface area (Å²) in [4.78, 5) is 23.3. The Kier molecular flexibility index (Phi) is 4.09. The summed E-state index contributed by atoms with van der Waals surface area (Å²) in [7, 11) is 0. The van der Waals surface area contributed by atoms with Crippen LogP contribution in [-0.2, 0) is 17.8 Å². The fourth-order valence-electron chi connectivity index (χ4n) is 3.36. The molecule has 1 aromatic heterocycles. The molecule has 1 saturated heterocycles. The number of carbonyl (C=O) groups is 2. The number of rotatable bonds is 4. The minimum Gasteiger partial charge on any atom is -0.343 e. The van der Waals surface area contributed by atoms with E-state index in [0.717, 1.165) is 34.8 Å². The van der Waals surface area contributed by atoms with Crippen molar-refractivity contribution in [1.29, 1.82) is 0 Å². The maximum absolute atomic E-state index is 11.9. The summed E-state index contributed by atoms with van der Waals surface area (Å²) >= 11 is 0.767. The van der Waals surface area contributed by atoms with Crippen molar-refractivity contribution in [3.8, 4) is 0 Å². The zero-order valence-electron chi connectivity index (χ0n) is 13.9. The summed E-state index contributed by atoms with van der Waals surface area (Å²) in [5.41, 5.74) is 4.74. The molecular weight excluding hydrogens is 332 g/mol. The summed E-state index contributed by atoms with van der Waals surface area (Å²) in [6.07, 6.45) is 2.61. The summed E-state index contributed by atoms with van der Waals surface area (Å²) in [5.74, 6) is 0. The lowest BCUT2D eigenvalue weighted by atomic mass is 10.0. The van der Waals surface area contributed by atoms with Gasteiger partial charge in [0.25, 0.3) is 5.24 Å². The molecule has 1 aliphatic heterocycles. The number of hydrogen-bond donors (Lipinski definition) is 1. The summed E-state index contributed by atoms with van der Waals surface area (Å²) in [5, 5.41) is 3.52. The molecule has 3 aromatic rings. The standard InChI is InChI=1S/C20H18N2O2S/c1-13-4-2-5-14(10-13)12-22-9-8-16-15(6-3-7-18(16)22)11-17-19(23)25-20(24)21-17/h2-10,17H,11-12H2,1H3,(H,21,24). The maximum atomic E-state index is 11.9. The molecule has 1 aliphatic rings. The molecular formula is C20H18N2O2S. The van der Waals surface area contributed by atoms with Gasteiger partial charge in [0.05, 0.1) is 0 Å². The lowest BCUT2D eigenvalue weighted by Crippen LogP contribution is -2.30. The van der Waals surface area contributed by atoms with Crippen LogP contribution in [0.15, 0.2) is 54.7 Å². The molecule has 126 valence electrons. The molecule has 2 heterocycles. The Balaban J connectivity index is 1.64. The number of fused-ring (bicyclic) bond motifs is 1. The third-order valence-corrected chi connectivity index (χ3v) is 5.32. The second-order valence-electron chi connectivity index (χ2n) is 6.39. The Morgan fingerprint density at radius 3 is 2.72 bits per heavy atom. The third-order valence-electron chi connectivity index (χ3n) is 4.53. The van der Waals surface area contributed by atoms with Crippen LogP contribution in [0.1, 0.15) is 16.7 Å². The highest BCUT2D eigenvalue weighted by atomic mass is 32.2. The van der Waals surface area contributed by atoms with Gasteiger partial charge in [0.1, 0.15) is 6.04 Å². The van der Waals surface area contributed by atoms with Crippen LogP contribution in [0.5, 0.6) is 0 Å². The van der Waals surface area contributed by atoms with Crippen molar-refractivity contribution in [2.24, 2.45) is 0 Å². The lowest BCUT2D eigenvalue weighted by molar-refractivity contribution is -0.112. The maximum Gasteiger partial charge on any atom is 0.287 e. The molecule has 5 heteroatoms. The Hall–Kier alpha value is -2.53. The van der Waals surface area contributed by atoms with Crippen molar-refractivity contribution >= 4 is 33.0 Å². The van der Waals surface area contributed by atoms with Gasteiger partial charge in [-0.25, -0.2) is 0 Å². The average molecular weight is 350 g/mol. The van der Waals surface area contributed by atoms with Crippen LogP contribution < -0.4 is 5.32 Å². The van der Waals surface area contributed by atoms with Gasteiger partial charge in [-0.15, -0.1) is 0 Å². The molecule has 4 rings (SSSR count). The highest BCUT2D eigenvalue weighted by Gasteiger charge is 2.31. The van der Waals surface area contributed by atoms with Crippen LogP contribution in [0.2, 0.25) is 0 Å². The summed E-state index contributed by atoms with van der Waals surface area (Å²) in [6, 6.07) is 16.3. The molecule has 1 unspecified atom stereocenters. The Morgan fingerprint density at radius 1 is 1.12 bits per heavy atom. The van der Waals surface area contributed by atoms with E-state index in [9.17, 15) is 9.59 Å². The number of aryl methyl sites for hydroxylation is 1. The molecule has 1 N–H and O–H groups in total. The SMILES string of the molecule is Cc1cccc(Cn2ccc3c(CC4NC(=O)SC4=O)cccc32)c1. The highest BCUT2D eigenvalue weighted by Crippen LogP contribution is 2.25. The molecule has 1 amide bonds. The van der Waals surface area contributed by atoms with Crippen LogP contribution in [0.25, 0.3) is 10.9 Å². The fourth-order valence-corrected chi connectivity index (χ4v) is 4.03. The average Bonchev–Trinajstić information content (AvgIpc) is 3.12. The molecule has 4 nitrogen and oxygen atoms in total. The zero-order chi connectivity index (χ0) is 17.4. The number of carbonyl (C=O) groups excluding carboxylic acids is 2. The van der Waals surface area contributed by atoms with E-state index in [1.54, 1.807) is 0 Å². The number of nitrogens with one attached hydrogen (secondary N) is 1. The van der Waals surface area contributed by atoms with Gasteiger partial charge in [-0.2, -0.15) is 0 Å². The van der Waals surface area contributed by atoms with Crippen LogP contribution in [0.3, 0.4) is 0 Å². The van der Waals surface area contributed by atoms with E-state index >= 15 is 0 Å². The van der Waals surface area contributed by atoms with Crippen LogP contribution in [-0.4, -0.2) is 21.0 Å². The second-order valence-corrected chi connectivity index (χ2v) is 7.37. The smallest absolute Gasteiger partial charge is 0.287 e. The zero-order valence-corrected chi connectivity index (χ0v) is 14.7. The predicted molar refractivity (Wildman–Crippen MR) is 101 cm³/mol. The van der Waals surface area contributed by atoms with Gasteiger partial charge in [0, 0.05) is 41.8 Å². The van der Waals surface area contributed by atoms with Crippen LogP contribution >= 0.6 is 11.8 Å². The van der Waals surface area contributed by atoms with E-state index in [2.05, 4.69) is 59.4 Å². The topological polar surface area (TPSA) is 51.1 Å². The number of thioether (sulfide) groups is 1. The normalized spacial score (nSPS) is 17.2. The van der Waals surface area contributed by atoms with Gasteiger partial charge in [-0.05, 0) is 30.2 Å². The molecule has 0 spiro atoms. The predicted octanol–water partition coefficient (Wildman–Crippen LogP) is 3.89. The Labute approximate surface area is 150 Å². The fraction of sp³-hybridized carbons (Fsp3) is 0.200. The Bertz CT molecular complexity index is 977. The van der Waals surface area contributed by atoms with Gasteiger partial charge >= 0.3 is 0 Å². The van der Waals surface area contributed by atoms with Gasteiger partial charge in [0.2, 0.25) is 5.12 Å². The van der Waals surface area contributed by atoms with Gasteiger partial charge in [-0.3, -0.25) is 9.59 Å². The third kappa shape index (κ3) is 3.20. The van der Waals surface area contributed by atoms with Crippen molar-refractivity contribution in [2.45, 2.75) is 25.9 Å². The molecule has 1 fully saturated rings. The molecule has 0 aliphatic carbocycles. The van der Waals surface area contributed by atoms with Crippen molar-refractivity contribution < 1.29 is 9.59 Å². The van der Waals surface area contributed by atoms with E-state index < -0.39 is 6.04 Å². The Morgan fingerprint density at radius 2 is 1.96 bits per heavy atom. The molecule has 25 heavy (non-hydrogen) atoms. The van der Waals surface area contributed by atoms with Crippen molar-refractivity contribution in [3.05, 3.63) is 71.4 Å². The van der Waals surface area contributed by atoms with Gasteiger partial charge in [0.15, 0.2) is 0 Å². The van der Waals surface area contributed by atoms with E-state index in [4.69, 9.17) is 0 Å². The number of nitrogens with zero attached hydrogens (tertiary/aromatic N) is 1. The van der Waals surface area contributed by atoms with Crippen molar-refractivity contribution in [1.82, 2.24) is 9.88 Å². The quantitative estimate of drug-likeness (QED) is 0.776. The molecule has 0 radical (unpaired) electrons. The number of hydrogen-bond acceptors (Lipinski definition) is 3. The van der Waals surface area contributed by atoms with E-state index in [-0.39, 0.29) is 10.4 Å². The molecule has 2 aromatic carbocycles. The first kappa shape index (κ1) is 16.0. The first-order valence-electron chi connectivity index (χ1n) is 8.24. The first-order valence-corrected chi connectivity index (χ1v) is 9.06. The minimum atomic E-state index is -0.428. The summed E-state index contributed by atoms with van der Waals surface area (Å²) in [6.45, 7) is 2.91. The lowest BCUT2D eigenvalue weighted by Gasteiger charge is -2.10. The van der Waals surface area contributed by atoms with E-state index in [1.165, 1.54) is 11.1 Å².